The minimum Gasteiger partial charge on any atom is -0.497 e. The lowest BCUT2D eigenvalue weighted by Crippen LogP contribution is -2.33. The minimum atomic E-state index is 0.0940. The molecule has 0 unspecified atom stereocenters. The monoisotopic (exact) mass is 534 g/mol. The molecule has 5 heteroatoms. The SMILES string of the molecule is COc1ccc(C(=CCCCN(CCCCc2cccnc2)C(=O)c2ccccc2)c2ccc(OC)cc2)cc1. The fraction of sp³-hybridized carbons (Fsp3) is 0.257. The second-order valence-electron chi connectivity index (χ2n) is 9.69. The molecule has 0 radical (unpaired) electrons. The van der Waals surface area contributed by atoms with E-state index in [1.807, 2.05) is 71.8 Å². The molecule has 0 N–H and O–H groups in total. The molecule has 1 amide bonds. The molecular formula is C35H38N2O3. The van der Waals surface area contributed by atoms with E-state index >= 15 is 0 Å². The molecule has 206 valence electrons. The van der Waals surface area contributed by atoms with Crippen LogP contribution in [0.1, 0.15) is 52.7 Å². The molecule has 4 aromatic rings. The Hall–Kier alpha value is -4.38. The number of hydrogen-bond donors (Lipinski definition) is 0. The molecule has 40 heavy (non-hydrogen) atoms. The quantitative estimate of drug-likeness (QED) is 0.157. The Labute approximate surface area is 238 Å². The molecule has 4 rings (SSSR count). The predicted molar refractivity (Wildman–Crippen MR) is 162 cm³/mol. The number of nitrogens with zero attached hydrogens (tertiary/aromatic N) is 2. The Kier molecular flexibility index (Phi) is 10.9. The summed E-state index contributed by atoms with van der Waals surface area (Å²) >= 11 is 0. The summed E-state index contributed by atoms with van der Waals surface area (Å²) in [6.45, 7) is 1.44. The van der Waals surface area contributed by atoms with Crippen LogP contribution in [-0.2, 0) is 6.42 Å². The number of carbonyl (C=O) groups excluding carboxylic acids is 1. The van der Waals surface area contributed by atoms with Crippen LogP contribution in [0.25, 0.3) is 5.57 Å². The van der Waals surface area contributed by atoms with Crippen molar-refractivity contribution in [2.75, 3.05) is 27.3 Å². The van der Waals surface area contributed by atoms with Gasteiger partial charge in [0.05, 0.1) is 14.2 Å². The molecule has 0 spiro atoms. The Morgan fingerprint density at radius 1 is 0.725 bits per heavy atom. The lowest BCUT2D eigenvalue weighted by atomic mass is 9.96. The van der Waals surface area contributed by atoms with Gasteiger partial charge in [-0.1, -0.05) is 54.6 Å². The van der Waals surface area contributed by atoms with Crippen molar-refractivity contribution in [3.63, 3.8) is 0 Å². The molecule has 0 bridgehead atoms. The molecule has 0 aliphatic carbocycles. The second kappa shape index (κ2) is 15.3. The van der Waals surface area contributed by atoms with Gasteiger partial charge in [-0.25, -0.2) is 0 Å². The number of methoxy groups -OCH3 is 2. The van der Waals surface area contributed by atoms with Crippen molar-refractivity contribution >= 4 is 11.5 Å². The van der Waals surface area contributed by atoms with Gasteiger partial charge >= 0.3 is 0 Å². The molecular weight excluding hydrogens is 496 g/mol. The highest BCUT2D eigenvalue weighted by molar-refractivity contribution is 5.94. The van der Waals surface area contributed by atoms with Crippen LogP contribution in [0.15, 0.2) is 109 Å². The lowest BCUT2D eigenvalue weighted by molar-refractivity contribution is 0.0751. The number of rotatable bonds is 14. The maximum atomic E-state index is 13.4. The Morgan fingerprint density at radius 2 is 1.35 bits per heavy atom. The topological polar surface area (TPSA) is 51.7 Å². The summed E-state index contributed by atoms with van der Waals surface area (Å²) in [4.78, 5) is 19.6. The van der Waals surface area contributed by atoms with Crippen molar-refractivity contribution in [2.24, 2.45) is 0 Å². The van der Waals surface area contributed by atoms with E-state index in [0.29, 0.717) is 6.54 Å². The smallest absolute Gasteiger partial charge is 0.253 e. The second-order valence-corrected chi connectivity index (χ2v) is 9.69. The summed E-state index contributed by atoms with van der Waals surface area (Å²) in [6.07, 6.45) is 10.7. The van der Waals surface area contributed by atoms with E-state index < -0.39 is 0 Å². The Bertz CT molecular complexity index is 1290. The van der Waals surface area contributed by atoms with Gasteiger partial charge in [0.2, 0.25) is 0 Å². The number of hydrogen-bond acceptors (Lipinski definition) is 4. The summed E-state index contributed by atoms with van der Waals surface area (Å²) in [6, 6.07) is 29.9. The summed E-state index contributed by atoms with van der Waals surface area (Å²) in [5.41, 5.74) is 5.38. The summed E-state index contributed by atoms with van der Waals surface area (Å²) < 4.78 is 10.7. The number of pyridine rings is 1. The molecule has 1 aromatic heterocycles. The number of benzene rings is 3. The number of aryl methyl sites for hydroxylation is 1. The van der Waals surface area contributed by atoms with Crippen molar-refractivity contribution in [1.82, 2.24) is 9.88 Å². The average molecular weight is 535 g/mol. The molecule has 0 aliphatic rings. The van der Waals surface area contributed by atoms with Gasteiger partial charge in [0.15, 0.2) is 0 Å². The van der Waals surface area contributed by atoms with E-state index in [2.05, 4.69) is 41.4 Å². The van der Waals surface area contributed by atoms with Crippen LogP contribution in [-0.4, -0.2) is 43.1 Å². The Morgan fingerprint density at radius 3 is 1.93 bits per heavy atom. The van der Waals surface area contributed by atoms with Gasteiger partial charge in [-0.15, -0.1) is 0 Å². The first-order valence-corrected chi connectivity index (χ1v) is 13.9. The number of carbonyl (C=O) groups is 1. The maximum absolute atomic E-state index is 13.4. The van der Waals surface area contributed by atoms with Crippen molar-refractivity contribution in [2.45, 2.75) is 32.1 Å². The third kappa shape index (κ3) is 8.31. The van der Waals surface area contributed by atoms with E-state index in [-0.39, 0.29) is 5.91 Å². The highest BCUT2D eigenvalue weighted by Gasteiger charge is 2.15. The normalized spacial score (nSPS) is 10.6. The number of unbranched alkanes of at least 4 members (excludes halogenated alkanes) is 2. The minimum absolute atomic E-state index is 0.0940. The van der Waals surface area contributed by atoms with Gasteiger partial charge in [0.1, 0.15) is 11.5 Å². The Balaban J connectivity index is 1.44. The summed E-state index contributed by atoms with van der Waals surface area (Å²) in [7, 11) is 3.35. The summed E-state index contributed by atoms with van der Waals surface area (Å²) in [5, 5.41) is 0. The van der Waals surface area contributed by atoms with Gasteiger partial charge in [0.25, 0.3) is 5.91 Å². The van der Waals surface area contributed by atoms with Crippen LogP contribution >= 0.6 is 0 Å². The highest BCUT2D eigenvalue weighted by atomic mass is 16.5. The van der Waals surface area contributed by atoms with E-state index in [1.165, 1.54) is 5.56 Å². The van der Waals surface area contributed by atoms with Gasteiger partial charge in [0, 0.05) is 31.0 Å². The van der Waals surface area contributed by atoms with Crippen LogP contribution < -0.4 is 9.47 Å². The van der Waals surface area contributed by atoms with Gasteiger partial charge in [-0.3, -0.25) is 9.78 Å². The zero-order valence-corrected chi connectivity index (χ0v) is 23.5. The fourth-order valence-corrected chi connectivity index (χ4v) is 4.73. The zero-order valence-electron chi connectivity index (χ0n) is 23.5. The van der Waals surface area contributed by atoms with E-state index in [1.54, 1.807) is 20.4 Å². The third-order valence-electron chi connectivity index (χ3n) is 6.96. The predicted octanol–water partition coefficient (Wildman–Crippen LogP) is 7.48. The molecule has 0 aliphatic heterocycles. The van der Waals surface area contributed by atoms with E-state index in [9.17, 15) is 4.79 Å². The first kappa shape index (κ1) is 28.6. The summed E-state index contributed by atoms with van der Waals surface area (Å²) in [5.74, 6) is 1.75. The maximum Gasteiger partial charge on any atom is 0.253 e. The van der Waals surface area contributed by atoms with E-state index in [4.69, 9.17) is 9.47 Å². The van der Waals surface area contributed by atoms with Crippen LogP contribution in [0, 0.1) is 0 Å². The molecule has 5 nitrogen and oxygen atoms in total. The van der Waals surface area contributed by atoms with Crippen molar-refractivity contribution in [3.05, 3.63) is 132 Å². The van der Waals surface area contributed by atoms with Crippen LogP contribution in [0.2, 0.25) is 0 Å². The van der Waals surface area contributed by atoms with Crippen molar-refractivity contribution in [1.29, 1.82) is 0 Å². The highest BCUT2D eigenvalue weighted by Crippen LogP contribution is 2.28. The lowest BCUT2D eigenvalue weighted by Gasteiger charge is -2.23. The van der Waals surface area contributed by atoms with Crippen LogP contribution in [0.4, 0.5) is 0 Å². The molecule has 3 aromatic carbocycles. The van der Waals surface area contributed by atoms with Gasteiger partial charge in [-0.2, -0.15) is 0 Å². The standard InChI is InChI=1S/C35H38N2O3/c1-39-32-20-16-29(17-21-32)34(30-18-22-33(40-2)23-19-30)15-7-9-26-37(35(38)31-13-4-3-5-14-31)25-8-6-11-28-12-10-24-36-27-28/h3-5,10,12-24,27H,6-9,11,25-26H2,1-2H3. The molecule has 0 fully saturated rings. The third-order valence-corrected chi connectivity index (χ3v) is 6.96. The molecule has 0 saturated carbocycles. The fourth-order valence-electron chi connectivity index (χ4n) is 4.73. The molecule has 1 heterocycles. The first-order valence-electron chi connectivity index (χ1n) is 13.9. The zero-order chi connectivity index (χ0) is 28.0. The molecule has 0 saturated heterocycles. The average Bonchev–Trinajstić information content (AvgIpc) is 3.03. The van der Waals surface area contributed by atoms with Crippen molar-refractivity contribution < 1.29 is 14.3 Å². The van der Waals surface area contributed by atoms with E-state index in [0.717, 1.165) is 72.4 Å². The number of ether oxygens (including phenoxy) is 2. The largest absolute Gasteiger partial charge is 0.497 e. The van der Waals surface area contributed by atoms with Crippen LogP contribution in [0.3, 0.4) is 0 Å². The number of amides is 1. The molecule has 0 atom stereocenters. The van der Waals surface area contributed by atoms with Gasteiger partial charge in [-0.05, 0) is 96.8 Å². The first-order chi connectivity index (χ1) is 19.7. The number of aromatic nitrogens is 1. The van der Waals surface area contributed by atoms with Crippen LogP contribution in [0.5, 0.6) is 11.5 Å². The number of allylic oxidation sites excluding steroid dienone is 1. The van der Waals surface area contributed by atoms with Crippen molar-refractivity contribution in [3.8, 4) is 11.5 Å². The van der Waals surface area contributed by atoms with Gasteiger partial charge < -0.3 is 14.4 Å².